The summed E-state index contributed by atoms with van der Waals surface area (Å²) in [6.45, 7) is 4.91. The van der Waals surface area contributed by atoms with Crippen molar-refractivity contribution >= 4 is 17.8 Å². The lowest BCUT2D eigenvalue weighted by Crippen LogP contribution is -2.40. The number of ether oxygens (including phenoxy) is 1. The van der Waals surface area contributed by atoms with E-state index in [-0.39, 0.29) is 18.0 Å². The zero-order valence-electron chi connectivity index (χ0n) is 36.3. The number of unbranched alkanes of at least 4 members (excludes halogenated alkanes) is 27. The van der Waals surface area contributed by atoms with Crippen LogP contribution in [0.4, 0.5) is 0 Å². The Balaban J connectivity index is 4.09. The Labute approximate surface area is 340 Å². The largest absolute Gasteiger partial charge is 0.480 e. The fourth-order valence-electron chi connectivity index (χ4n) is 7.17. The highest BCUT2D eigenvalue weighted by Gasteiger charge is 2.19. The number of rotatable bonds is 43. The maximum atomic E-state index is 12.7. The molecule has 0 aromatic rings. The standard InChI is InChI=1S/C48H90N2O5/c1-3-5-7-9-11-13-14-15-16-17-18-19-20-21-22-23-24-25-26-28-30-36-42-47(52)55-44(38-33-29-27-12-10-8-6-4-2)39-34-31-32-35-41-46(51)50-45(48(53)54)40-37-43-49/h12,27,33,38,44-45H,3-11,13-26,28-32,34-37,39-43,49H2,1-2H3,(H,50,51)(H,53,54)/b27-12-,38-33-. The van der Waals surface area contributed by atoms with Crippen molar-refractivity contribution in [3.63, 3.8) is 0 Å². The van der Waals surface area contributed by atoms with Crippen LogP contribution in [0.15, 0.2) is 24.3 Å². The summed E-state index contributed by atoms with van der Waals surface area (Å²) in [5.41, 5.74) is 5.48. The third-order valence-corrected chi connectivity index (χ3v) is 10.8. The molecule has 0 aromatic carbocycles. The lowest BCUT2D eigenvalue weighted by Gasteiger charge is -2.15. The van der Waals surface area contributed by atoms with Crippen LogP contribution in [-0.4, -0.2) is 41.6 Å². The molecule has 0 aliphatic carbocycles. The summed E-state index contributed by atoms with van der Waals surface area (Å²) in [5.74, 6) is -1.34. The van der Waals surface area contributed by atoms with Gasteiger partial charge in [-0.15, -0.1) is 0 Å². The van der Waals surface area contributed by atoms with Gasteiger partial charge in [-0.05, 0) is 70.4 Å². The Kier molecular flexibility index (Phi) is 41.3. The molecule has 2 atom stereocenters. The third-order valence-electron chi connectivity index (χ3n) is 10.8. The lowest BCUT2D eigenvalue weighted by molar-refractivity contribution is -0.147. The molecule has 1 amide bonds. The van der Waals surface area contributed by atoms with Crippen LogP contribution in [0.25, 0.3) is 0 Å². The third kappa shape index (κ3) is 39.9. The molecule has 4 N–H and O–H groups in total. The summed E-state index contributed by atoms with van der Waals surface area (Å²) < 4.78 is 5.92. The van der Waals surface area contributed by atoms with Gasteiger partial charge in [0.05, 0.1) is 0 Å². The van der Waals surface area contributed by atoms with Crippen molar-refractivity contribution in [2.24, 2.45) is 5.73 Å². The first-order chi connectivity index (χ1) is 26.9. The van der Waals surface area contributed by atoms with Crippen molar-refractivity contribution in [2.45, 2.75) is 257 Å². The zero-order chi connectivity index (χ0) is 40.3. The molecular formula is C48H90N2O5. The van der Waals surface area contributed by atoms with E-state index in [9.17, 15) is 19.5 Å². The van der Waals surface area contributed by atoms with E-state index in [4.69, 9.17) is 10.5 Å². The number of allylic oxidation sites excluding steroid dienone is 3. The van der Waals surface area contributed by atoms with Gasteiger partial charge in [0.1, 0.15) is 12.1 Å². The first-order valence-electron chi connectivity index (χ1n) is 23.7. The average molecular weight is 775 g/mol. The van der Waals surface area contributed by atoms with Gasteiger partial charge in [-0.3, -0.25) is 9.59 Å². The number of esters is 1. The van der Waals surface area contributed by atoms with Gasteiger partial charge in [-0.1, -0.05) is 193 Å². The van der Waals surface area contributed by atoms with Gasteiger partial charge in [-0.25, -0.2) is 4.79 Å². The van der Waals surface area contributed by atoms with E-state index in [2.05, 4.69) is 37.4 Å². The van der Waals surface area contributed by atoms with Crippen LogP contribution >= 0.6 is 0 Å². The van der Waals surface area contributed by atoms with E-state index in [1.165, 1.54) is 148 Å². The number of amides is 1. The molecule has 0 fully saturated rings. The second-order valence-corrected chi connectivity index (χ2v) is 16.2. The minimum absolute atomic E-state index is 0.0998. The Bertz CT molecular complexity index is 920. The van der Waals surface area contributed by atoms with E-state index < -0.39 is 12.0 Å². The van der Waals surface area contributed by atoms with Gasteiger partial charge in [0.15, 0.2) is 0 Å². The van der Waals surface area contributed by atoms with Crippen LogP contribution in [0.1, 0.15) is 245 Å². The molecule has 0 bridgehead atoms. The molecule has 0 aliphatic rings. The van der Waals surface area contributed by atoms with Crippen LogP contribution in [0.2, 0.25) is 0 Å². The Morgan fingerprint density at radius 3 is 1.49 bits per heavy atom. The van der Waals surface area contributed by atoms with Gasteiger partial charge in [0, 0.05) is 12.8 Å². The molecule has 0 aromatic heterocycles. The summed E-state index contributed by atoms with van der Waals surface area (Å²) in [5, 5.41) is 11.9. The molecular weight excluding hydrogens is 685 g/mol. The van der Waals surface area contributed by atoms with Gasteiger partial charge in [0.2, 0.25) is 5.91 Å². The van der Waals surface area contributed by atoms with Gasteiger partial charge < -0.3 is 20.9 Å². The Morgan fingerprint density at radius 2 is 1.00 bits per heavy atom. The number of carboxylic acid groups (broad SMARTS) is 1. The highest BCUT2D eigenvalue weighted by Crippen LogP contribution is 2.17. The molecule has 7 nitrogen and oxygen atoms in total. The minimum atomic E-state index is -1.02. The number of aliphatic carboxylic acids is 1. The summed E-state index contributed by atoms with van der Waals surface area (Å²) in [6, 6.07) is -0.872. The van der Waals surface area contributed by atoms with Crippen LogP contribution in [0, 0.1) is 0 Å². The molecule has 0 saturated heterocycles. The molecule has 0 spiro atoms. The van der Waals surface area contributed by atoms with Crippen LogP contribution in [0.3, 0.4) is 0 Å². The second kappa shape index (κ2) is 43.0. The molecule has 2 unspecified atom stereocenters. The summed E-state index contributed by atoms with van der Waals surface area (Å²) in [7, 11) is 0. The van der Waals surface area contributed by atoms with E-state index in [0.29, 0.717) is 38.6 Å². The molecule has 7 heteroatoms. The maximum Gasteiger partial charge on any atom is 0.326 e. The van der Waals surface area contributed by atoms with Crippen molar-refractivity contribution in [2.75, 3.05) is 6.54 Å². The summed E-state index contributed by atoms with van der Waals surface area (Å²) >= 11 is 0. The number of nitrogens with two attached hydrogens (primary N) is 1. The van der Waals surface area contributed by atoms with Gasteiger partial charge in [-0.2, -0.15) is 0 Å². The number of hydrogen-bond acceptors (Lipinski definition) is 5. The number of carbonyl (C=O) groups excluding carboxylic acids is 2. The predicted molar refractivity (Wildman–Crippen MR) is 234 cm³/mol. The highest BCUT2D eigenvalue weighted by atomic mass is 16.5. The van der Waals surface area contributed by atoms with Crippen molar-refractivity contribution in [1.29, 1.82) is 0 Å². The number of nitrogens with one attached hydrogen (secondary N) is 1. The average Bonchev–Trinajstić information content (AvgIpc) is 3.17. The molecule has 322 valence electrons. The summed E-state index contributed by atoms with van der Waals surface area (Å²) in [4.78, 5) is 36.4. The van der Waals surface area contributed by atoms with Gasteiger partial charge >= 0.3 is 11.9 Å². The topological polar surface area (TPSA) is 119 Å². The quantitative estimate of drug-likeness (QED) is 0.0322. The second-order valence-electron chi connectivity index (χ2n) is 16.2. The Morgan fingerprint density at radius 1 is 0.545 bits per heavy atom. The fraction of sp³-hybridized carbons (Fsp3) is 0.854. The molecule has 0 radical (unpaired) electrons. The fourth-order valence-corrected chi connectivity index (χ4v) is 7.17. The minimum Gasteiger partial charge on any atom is -0.480 e. The van der Waals surface area contributed by atoms with Crippen LogP contribution in [-0.2, 0) is 19.1 Å². The van der Waals surface area contributed by atoms with Crippen molar-refractivity contribution in [3.8, 4) is 0 Å². The predicted octanol–water partition coefficient (Wildman–Crippen LogP) is 13.6. The molecule has 0 heterocycles. The SMILES string of the molecule is CCCCC/C=C\C/C=C\C(CCCCCCC(=O)NC(CCCN)C(=O)O)OC(=O)CCCCCCCCCCCCCCCCCCCCCCCC. The number of carbonyl (C=O) groups is 3. The molecule has 0 saturated carbocycles. The zero-order valence-corrected chi connectivity index (χ0v) is 36.3. The van der Waals surface area contributed by atoms with E-state index in [0.717, 1.165) is 51.4 Å². The first-order valence-corrected chi connectivity index (χ1v) is 23.7. The van der Waals surface area contributed by atoms with E-state index >= 15 is 0 Å². The van der Waals surface area contributed by atoms with Crippen molar-refractivity contribution < 1.29 is 24.2 Å². The number of carboxylic acids is 1. The van der Waals surface area contributed by atoms with Crippen LogP contribution in [0.5, 0.6) is 0 Å². The first kappa shape index (κ1) is 52.9. The van der Waals surface area contributed by atoms with E-state index in [1.54, 1.807) is 0 Å². The highest BCUT2D eigenvalue weighted by molar-refractivity contribution is 5.83. The molecule has 0 aliphatic heterocycles. The monoisotopic (exact) mass is 775 g/mol. The lowest BCUT2D eigenvalue weighted by atomic mass is 10.0. The molecule has 0 rings (SSSR count). The van der Waals surface area contributed by atoms with Crippen molar-refractivity contribution in [3.05, 3.63) is 24.3 Å². The van der Waals surface area contributed by atoms with Crippen LogP contribution < -0.4 is 11.1 Å². The van der Waals surface area contributed by atoms with Gasteiger partial charge in [0.25, 0.3) is 0 Å². The normalized spacial score (nSPS) is 12.8. The van der Waals surface area contributed by atoms with E-state index in [1.807, 2.05) is 6.08 Å². The molecule has 55 heavy (non-hydrogen) atoms. The summed E-state index contributed by atoms with van der Waals surface area (Å²) in [6.07, 6.45) is 49.8. The maximum absolute atomic E-state index is 12.7. The number of hydrogen-bond donors (Lipinski definition) is 3. The smallest absolute Gasteiger partial charge is 0.326 e. The van der Waals surface area contributed by atoms with Crippen molar-refractivity contribution in [1.82, 2.24) is 5.32 Å². The Hall–Kier alpha value is -2.15.